The van der Waals surface area contributed by atoms with E-state index in [0.29, 0.717) is 10.8 Å². The maximum Gasteiger partial charge on any atom is 0.332 e. The van der Waals surface area contributed by atoms with E-state index in [1.165, 1.54) is 39.5 Å². The van der Waals surface area contributed by atoms with Crippen molar-refractivity contribution in [1.82, 2.24) is 23.7 Å². The maximum absolute atomic E-state index is 13.4. The molecule has 0 saturated heterocycles. The van der Waals surface area contributed by atoms with Gasteiger partial charge in [-0.1, -0.05) is 18.2 Å². The molecule has 9 nitrogen and oxygen atoms in total. The molecule has 0 N–H and O–H groups in total. The number of para-hydroxylation sites is 1. The van der Waals surface area contributed by atoms with Gasteiger partial charge in [0.2, 0.25) is 5.28 Å². The van der Waals surface area contributed by atoms with Gasteiger partial charge in [0, 0.05) is 19.5 Å². The SMILES string of the molecule is Cc1csc(N(C(=O)Cn2c(Cl)nc3c2c(=O)n(C)c(=O)n3C)c2ccccc2)n1. The van der Waals surface area contributed by atoms with Gasteiger partial charge in [-0.15, -0.1) is 11.3 Å². The third-order valence-electron chi connectivity index (χ3n) is 4.66. The number of fused-ring (bicyclic) bond motifs is 1. The Kier molecular flexibility index (Phi) is 5.04. The molecule has 1 amide bonds. The molecule has 0 fully saturated rings. The first-order valence-electron chi connectivity index (χ1n) is 8.91. The van der Waals surface area contributed by atoms with Crippen LogP contribution in [-0.2, 0) is 25.4 Å². The molecule has 3 aromatic heterocycles. The molecule has 0 bridgehead atoms. The summed E-state index contributed by atoms with van der Waals surface area (Å²) in [6, 6.07) is 9.09. The lowest BCUT2D eigenvalue weighted by Crippen LogP contribution is -2.38. The predicted molar refractivity (Wildman–Crippen MR) is 116 cm³/mol. The van der Waals surface area contributed by atoms with Gasteiger partial charge in [0.1, 0.15) is 6.54 Å². The summed E-state index contributed by atoms with van der Waals surface area (Å²) in [4.78, 5) is 48.3. The number of hydrogen-bond acceptors (Lipinski definition) is 6. The molecule has 0 atom stereocenters. The van der Waals surface area contributed by atoms with E-state index >= 15 is 0 Å². The maximum atomic E-state index is 13.4. The third kappa shape index (κ3) is 3.23. The molecule has 0 radical (unpaired) electrons. The van der Waals surface area contributed by atoms with Crippen LogP contribution in [0.1, 0.15) is 5.69 Å². The Labute approximate surface area is 179 Å². The zero-order valence-electron chi connectivity index (χ0n) is 16.4. The van der Waals surface area contributed by atoms with Crippen LogP contribution < -0.4 is 16.1 Å². The summed E-state index contributed by atoms with van der Waals surface area (Å²) in [6.45, 7) is 1.59. The van der Waals surface area contributed by atoms with Crippen LogP contribution in [0.15, 0.2) is 45.3 Å². The second-order valence-corrected chi connectivity index (χ2v) is 7.86. The highest BCUT2D eigenvalue weighted by molar-refractivity contribution is 7.14. The Balaban J connectivity index is 1.84. The van der Waals surface area contributed by atoms with Crippen LogP contribution in [-0.4, -0.2) is 29.6 Å². The van der Waals surface area contributed by atoms with E-state index in [9.17, 15) is 14.4 Å². The summed E-state index contributed by atoms with van der Waals surface area (Å²) in [5.41, 5.74) is 0.538. The number of aromatic nitrogens is 5. The van der Waals surface area contributed by atoms with Crippen molar-refractivity contribution in [3.05, 3.63) is 67.5 Å². The van der Waals surface area contributed by atoms with E-state index in [1.54, 1.807) is 12.1 Å². The van der Waals surface area contributed by atoms with Gasteiger partial charge in [-0.25, -0.2) is 9.78 Å². The Hall–Kier alpha value is -3.24. The van der Waals surface area contributed by atoms with Crippen molar-refractivity contribution in [2.24, 2.45) is 14.1 Å². The number of benzene rings is 1. The largest absolute Gasteiger partial charge is 0.332 e. The van der Waals surface area contributed by atoms with Crippen LogP contribution in [0.5, 0.6) is 0 Å². The van der Waals surface area contributed by atoms with Crippen LogP contribution in [0.4, 0.5) is 10.8 Å². The van der Waals surface area contributed by atoms with E-state index in [1.807, 2.05) is 30.5 Å². The first-order valence-corrected chi connectivity index (χ1v) is 10.2. The predicted octanol–water partition coefficient (Wildman–Crippen LogP) is 2.22. The first kappa shape index (κ1) is 20.0. The Morgan fingerprint density at radius 3 is 2.47 bits per heavy atom. The highest BCUT2D eigenvalue weighted by Crippen LogP contribution is 2.29. The van der Waals surface area contributed by atoms with Crippen LogP contribution in [0, 0.1) is 6.92 Å². The second kappa shape index (κ2) is 7.54. The van der Waals surface area contributed by atoms with Gasteiger partial charge in [0.05, 0.1) is 11.4 Å². The number of aryl methyl sites for hydroxylation is 2. The summed E-state index contributed by atoms with van der Waals surface area (Å²) in [5, 5.41) is 2.30. The minimum Gasteiger partial charge on any atom is -0.299 e. The lowest BCUT2D eigenvalue weighted by Gasteiger charge is -2.20. The lowest BCUT2D eigenvalue weighted by atomic mass is 10.3. The fraction of sp³-hybridized carbons (Fsp3) is 0.211. The summed E-state index contributed by atoms with van der Waals surface area (Å²) in [7, 11) is 2.86. The van der Waals surface area contributed by atoms with Crippen molar-refractivity contribution in [3.8, 4) is 0 Å². The minimum atomic E-state index is -0.573. The van der Waals surface area contributed by atoms with Crippen molar-refractivity contribution >= 4 is 50.8 Å². The number of carbonyl (C=O) groups is 1. The second-order valence-electron chi connectivity index (χ2n) is 6.68. The zero-order chi connectivity index (χ0) is 21.6. The number of imidazole rings is 1. The average Bonchev–Trinajstić information content (AvgIpc) is 3.29. The Bertz CT molecular complexity index is 1390. The molecule has 0 saturated carbocycles. The molecule has 0 aliphatic heterocycles. The van der Waals surface area contributed by atoms with Crippen molar-refractivity contribution in [2.45, 2.75) is 13.5 Å². The van der Waals surface area contributed by atoms with Gasteiger partial charge >= 0.3 is 5.69 Å². The molecule has 0 spiro atoms. The smallest absolute Gasteiger partial charge is 0.299 e. The van der Waals surface area contributed by atoms with Crippen LogP contribution >= 0.6 is 22.9 Å². The number of anilines is 2. The van der Waals surface area contributed by atoms with Crippen LogP contribution in [0.3, 0.4) is 0 Å². The molecule has 4 rings (SSSR count). The molecule has 0 unspecified atom stereocenters. The minimum absolute atomic E-state index is 0.0556. The number of rotatable bonds is 4. The van der Waals surface area contributed by atoms with Gasteiger partial charge in [-0.05, 0) is 30.7 Å². The van der Waals surface area contributed by atoms with E-state index < -0.39 is 11.2 Å². The molecular weight excluding hydrogens is 428 g/mol. The number of halogens is 1. The summed E-state index contributed by atoms with van der Waals surface area (Å²) < 4.78 is 3.50. The van der Waals surface area contributed by atoms with Gasteiger partial charge in [-0.2, -0.15) is 4.98 Å². The molecule has 154 valence electrons. The average molecular weight is 445 g/mol. The van der Waals surface area contributed by atoms with E-state index in [2.05, 4.69) is 9.97 Å². The Morgan fingerprint density at radius 2 is 1.83 bits per heavy atom. The van der Waals surface area contributed by atoms with E-state index in [-0.39, 0.29) is 28.9 Å². The third-order valence-corrected chi connectivity index (χ3v) is 5.89. The molecule has 30 heavy (non-hydrogen) atoms. The number of amides is 1. The standard InChI is InChI=1S/C19H17ClN6O3S/c1-11-10-30-18(21-11)26(12-7-5-4-6-8-12)13(27)9-25-14-15(22-17(25)20)23(2)19(29)24(3)16(14)28/h4-8,10H,9H2,1-3H3. The van der Waals surface area contributed by atoms with Crippen molar-refractivity contribution in [3.63, 3.8) is 0 Å². The monoisotopic (exact) mass is 444 g/mol. The van der Waals surface area contributed by atoms with Gasteiger partial charge < -0.3 is 0 Å². The van der Waals surface area contributed by atoms with Crippen molar-refractivity contribution < 1.29 is 4.79 Å². The van der Waals surface area contributed by atoms with Gasteiger partial charge in [-0.3, -0.25) is 28.2 Å². The van der Waals surface area contributed by atoms with E-state index in [0.717, 1.165) is 10.3 Å². The summed E-state index contributed by atoms with van der Waals surface area (Å²) >= 11 is 7.60. The topological polar surface area (TPSA) is 95.0 Å². The molecule has 3 heterocycles. The molecule has 0 aliphatic rings. The highest BCUT2D eigenvalue weighted by Gasteiger charge is 2.25. The number of hydrogen-bond donors (Lipinski definition) is 0. The normalized spacial score (nSPS) is 11.2. The van der Waals surface area contributed by atoms with Gasteiger partial charge in [0.15, 0.2) is 16.3 Å². The van der Waals surface area contributed by atoms with Crippen LogP contribution in [0.25, 0.3) is 11.2 Å². The number of thiazole rings is 1. The van der Waals surface area contributed by atoms with E-state index in [4.69, 9.17) is 11.6 Å². The molecule has 11 heteroatoms. The molecule has 4 aromatic rings. The molecule has 1 aromatic carbocycles. The summed E-state index contributed by atoms with van der Waals surface area (Å²) in [6.07, 6.45) is 0. The lowest BCUT2D eigenvalue weighted by molar-refractivity contribution is -0.118. The Morgan fingerprint density at radius 1 is 1.13 bits per heavy atom. The van der Waals surface area contributed by atoms with Crippen molar-refractivity contribution in [2.75, 3.05) is 4.90 Å². The quantitative estimate of drug-likeness (QED) is 0.450. The fourth-order valence-corrected chi connectivity index (χ4v) is 4.21. The van der Waals surface area contributed by atoms with Gasteiger partial charge in [0.25, 0.3) is 11.5 Å². The van der Waals surface area contributed by atoms with Crippen molar-refractivity contribution in [1.29, 1.82) is 0 Å². The first-order chi connectivity index (χ1) is 14.3. The molecular formula is C19H17ClN6O3S. The highest BCUT2D eigenvalue weighted by atomic mass is 35.5. The summed E-state index contributed by atoms with van der Waals surface area (Å²) in [5.74, 6) is -0.354. The zero-order valence-corrected chi connectivity index (χ0v) is 17.9. The number of carbonyl (C=O) groups excluding carboxylic acids is 1. The molecule has 0 aliphatic carbocycles. The van der Waals surface area contributed by atoms with Crippen LogP contribution in [0.2, 0.25) is 5.28 Å². The number of nitrogens with zero attached hydrogens (tertiary/aromatic N) is 6. The fourth-order valence-electron chi connectivity index (χ4n) is 3.15.